The zero-order valence-electron chi connectivity index (χ0n) is 11.1. The highest BCUT2D eigenvalue weighted by atomic mass is 19.1. The van der Waals surface area contributed by atoms with Crippen LogP contribution >= 0.6 is 0 Å². The molecule has 2 aliphatic heterocycles. The minimum Gasteiger partial charge on any atom is -0.480 e. The molecule has 1 aromatic rings. The van der Waals surface area contributed by atoms with Gasteiger partial charge < -0.3 is 19.5 Å². The van der Waals surface area contributed by atoms with E-state index in [0.29, 0.717) is 24.3 Å². The highest BCUT2D eigenvalue weighted by molar-refractivity contribution is 5.83. The third-order valence-electron chi connectivity index (χ3n) is 3.63. The number of nitrogens with zero attached hydrogens (tertiary/aromatic N) is 1. The monoisotopic (exact) mass is 295 g/mol. The number of fused-ring (bicyclic) bond motifs is 1. The summed E-state index contributed by atoms with van der Waals surface area (Å²) < 4.78 is 23.8. The van der Waals surface area contributed by atoms with Gasteiger partial charge in [0.15, 0.2) is 12.2 Å². The van der Waals surface area contributed by atoms with Crippen LogP contribution in [0.4, 0.5) is 4.39 Å². The first-order chi connectivity index (χ1) is 10.0. The summed E-state index contributed by atoms with van der Waals surface area (Å²) in [6.45, 7) is 0.503. The molecule has 2 heterocycles. The van der Waals surface area contributed by atoms with E-state index < -0.39 is 18.2 Å². The van der Waals surface area contributed by atoms with Crippen molar-refractivity contribution in [2.24, 2.45) is 0 Å². The van der Waals surface area contributed by atoms with Crippen LogP contribution in [0.3, 0.4) is 0 Å². The van der Waals surface area contributed by atoms with Gasteiger partial charge in [-0.1, -0.05) is 0 Å². The molecule has 6 nitrogen and oxygen atoms in total. The molecule has 0 aliphatic carbocycles. The number of carbonyl (C=O) groups excluding carboxylic acids is 1. The van der Waals surface area contributed by atoms with E-state index in [4.69, 9.17) is 14.6 Å². The van der Waals surface area contributed by atoms with E-state index in [1.54, 1.807) is 0 Å². The van der Waals surface area contributed by atoms with E-state index in [2.05, 4.69) is 0 Å². The lowest BCUT2D eigenvalue weighted by molar-refractivity contribution is -0.161. The fraction of sp³-hybridized carbons (Fsp3) is 0.429. The largest absolute Gasteiger partial charge is 0.480 e. The highest BCUT2D eigenvalue weighted by Crippen LogP contribution is 2.30. The smallest absolute Gasteiger partial charge is 0.334 e. The summed E-state index contributed by atoms with van der Waals surface area (Å²) in [6, 6.07) is 4.13. The van der Waals surface area contributed by atoms with Crippen molar-refractivity contribution >= 4 is 11.9 Å². The van der Waals surface area contributed by atoms with Crippen molar-refractivity contribution in [3.8, 4) is 5.75 Å². The minimum absolute atomic E-state index is 0.00126. The Bertz CT molecular complexity index is 591. The van der Waals surface area contributed by atoms with Gasteiger partial charge in [0.25, 0.3) is 5.91 Å². The molecule has 1 aromatic carbocycles. The molecule has 2 aliphatic rings. The molecule has 0 bridgehead atoms. The maximum atomic E-state index is 13.2. The molecule has 1 fully saturated rings. The number of hydrogen-bond donors (Lipinski definition) is 1. The maximum Gasteiger partial charge on any atom is 0.334 e. The number of amides is 1. The molecule has 1 amide bonds. The molecule has 3 rings (SSSR count). The number of halogens is 1. The van der Waals surface area contributed by atoms with Gasteiger partial charge in [-0.15, -0.1) is 0 Å². The number of rotatable bonds is 2. The molecule has 2 atom stereocenters. The standard InChI is InChI=1S/C14H14FNO5/c15-9-1-2-10-8(5-9)6-11(21-10)13(17)16-3-4-20-12(7-16)14(18)19/h1-2,5,11-12H,3-4,6-7H2,(H,18,19)/t11-,12+/m1/s1. The molecule has 21 heavy (non-hydrogen) atoms. The summed E-state index contributed by atoms with van der Waals surface area (Å²) in [5.41, 5.74) is 0.649. The third-order valence-corrected chi connectivity index (χ3v) is 3.63. The predicted octanol–water partition coefficient (Wildman–Crippen LogP) is 0.441. The Labute approximate surface area is 120 Å². The van der Waals surface area contributed by atoms with Crippen molar-refractivity contribution < 1.29 is 28.6 Å². The van der Waals surface area contributed by atoms with Crippen molar-refractivity contribution in [1.82, 2.24) is 4.90 Å². The van der Waals surface area contributed by atoms with Gasteiger partial charge >= 0.3 is 5.97 Å². The summed E-state index contributed by atoms with van der Waals surface area (Å²) in [5.74, 6) is -1.26. The second-order valence-corrected chi connectivity index (χ2v) is 5.04. The van der Waals surface area contributed by atoms with Crippen LogP contribution < -0.4 is 4.74 Å². The van der Waals surface area contributed by atoms with Gasteiger partial charge in [0, 0.05) is 18.5 Å². The molecule has 112 valence electrons. The molecular formula is C14H14FNO5. The number of carbonyl (C=O) groups is 2. The highest BCUT2D eigenvalue weighted by Gasteiger charge is 2.36. The van der Waals surface area contributed by atoms with Gasteiger partial charge in [0.2, 0.25) is 0 Å². The van der Waals surface area contributed by atoms with Crippen molar-refractivity contribution in [3.63, 3.8) is 0 Å². The first-order valence-corrected chi connectivity index (χ1v) is 6.63. The van der Waals surface area contributed by atoms with Crippen LogP contribution in [0.1, 0.15) is 5.56 Å². The summed E-state index contributed by atoms with van der Waals surface area (Å²) in [7, 11) is 0. The molecular weight excluding hydrogens is 281 g/mol. The first-order valence-electron chi connectivity index (χ1n) is 6.63. The molecule has 0 spiro atoms. The van der Waals surface area contributed by atoms with Gasteiger partial charge in [-0.3, -0.25) is 4.79 Å². The molecule has 1 saturated heterocycles. The zero-order chi connectivity index (χ0) is 15.0. The van der Waals surface area contributed by atoms with Crippen LogP contribution in [0.25, 0.3) is 0 Å². The van der Waals surface area contributed by atoms with Crippen molar-refractivity contribution in [3.05, 3.63) is 29.6 Å². The van der Waals surface area contributed by atoms with E-state index in [1.807, 2.05) is 0 Å². The Morgan fingerprint density at radius 3 is 2.90 bits per heavy atom. The average Bonchev–Trinajstić information content (AvgIpc) is 2.89. The predicted molar refractivity (Wildman–Crippen MR) is 68.5 cm³/mol. The quantitative estimate of drug-likeness (QED) is 0.857. The van der Waals surface area contributed by atoms with Crippen LogP contribution in [0.15, 0.2) is 18.2 Å². The lowest BCUT2D eigenvalue weighted by Gasteiger charge is -2.32. The lowest BCUT2D eigenvalue weighted by atomic mass is 10.1. The van der Waals surface area contributed by atoms with E-state index in [0.717, 1.165) is 0 Å². The van der Waals surface area contributed by atoms with E-state index >= 15 is 0 Å². The SMILES string of the molecule is O=C(O)[C@@H]1CN(C(=O)[C@H]2Cc3cc(F)ccc3O2)CCO1. The molecule has 0 aromatic heterocycles. The van der Waals surface area contributed by atoms with Crippen molar-refractivity contribution in [2.75, 3.05) is 19.7 Å². The molecule has 0 unspecified atom stereocenters. The van der Waals surface area contributed by atoms with Crippen LogP contribution in [-0.2, 0) is 20.7 Å². The number of aliphatic carboxylic acids is 1. The minimum atomic E-state index is -1.09. The fourth-order valence-corrected chi connectivity index (χ4v) is 2.56. The first kappa shape index (κ1) is 13.8. The third kappa shape index (κ3) is 2.69. The van der Waals surface area contributed by atoms with Crippen molar-refractivity contribution in [2.45, 2.75) is 18.6 Å². The normalized spacial score (nSPS) is 24.3. The Balaban J connectivity index is 1.68. The lowest BCUT2D eigenvalue weighted by Crippen LogP contribution is -2.52. The fourth-order valence-electron chi connectivity index (χ4n) is 2.56. The number of morpholine rings is 1. The van der Waals surface area contributed by atoms with E-state index in [-0.39, 0.29) is 24.9 Å². The van der Waals surface area contributed by atoms with Crippen LogP contribution in [0.5, 0.6) is 5.75 Å². The Morgan fingerprint density at radius 1 is 1.33 bits per heavy atom. The van der Waals surface area contributed by atoms with Crippen LogP contribution in [-0.4, -0.2) is 53.8 Å². The number of benzene rings is 1. The molecule has 0 saturated carbocycles. The van der Waals surface area contributed by atoms with Gasteiger partial charge in [0.05, 0.1) is 13.2 Å². The van der Waals surface area contributed by atoms with E-state index in [9.17, 15) is 14.0 Å². The maximum absolute atomic E-state index is 13.2. The van der Waals surface area contributed by atoms with Crippen molar-refractivity contribution in [1.29, 1.82) is 0 Å². The number of carboxylic acid groups (broad SMARTS) is 1. The van der Waals surface area contributed by atoms with Crippen LogP contribution in [0.2, 0.25) is 0 Å². The summed E-state index contributed by atoms with van der Waals surface area (Å²) >= 11 is 0. The average molecular weight is 295 g/mol. The second kappa shape index (κ2) is 5.33. The second-order valence-electron chi connectivity index (χ2n) is 5.04. The van der Waals surface area contributed by atoms with Gasteiger partial charge in [-0.2, -0.15) is 0 Å². The summed E-state index contributed by atoms with van der Waals surface area (Å²) in [5, 5.41) is 8.94. The topological polar surface area (TPSA) is 76.1 Å². The van der Waals surface area contributed by atoms with Gasteiger partial charge in [0.1, 0.15) is 11.6 Å². The molecule has 7 heteroatoms. The number of ether oxygens (including phenoxy) is 2. The number of hydrogen-bond acceptors (Lipinski definition) is 4. The van der Waals surface area contributed by atoms with E-state index in [1.165, 1.54) is 23.1 Å². The van der Waals surface area contributed by atoms with Gasteiger partial charge in [-0.05, 0) is 18.2 Å². The Hall–Kier alpha value is -2.15. The van der Waals surface area contributed by atoms with Crippen LogP contribution in [0, 0.1) is 5.82 Å². The number of carboxylic acids is 1. The summed E-state index contributed by atoms with van der Waals surface area (Å²) in [6.07, 6.45) is -1.45. The summed E-state index contributed by atoms with van der Waals surface area (Å²) in [4.78, 5) is 24.7. The molecule has 1 N–H and O–H groups in total. The zero-order valence-corrected chi connectivity index (χ0v) is 11.1. The Kier molecular flexibility index (Phi) is 3.50. The molecule has 0 radical (unpaired) electrons. The van der Waals surface area contributed by atoms with Gasteiger partial charge in [-0.25, -0.2) is 9.18 Å². The Morgan fingerprint density at radius 2 is 2.14 bits per heavy atom.